The van der Waals surface area contributed by atoms with Crippen LogP contribution in [0.2, 0.25) is 0 Å². The predicted molar refractivity (Wildman–Crippen MR) is 182 cm³/mol. The molecular formula is C36H51N7O7. The highest BCUT2D eigenvalue weighted by Gasteiger charge is 2.70. The molecule has 3 heterocycles. The van der Waals surface area contributed by atoms with Crippen molar-refractivity contribution in [3.63, 3.8) is 0 Å². The first-order valence-electron chi connectivity index (χ1n) is 17.4. The number of carbonyl (C=O) groups excluding carboxylic acids is 7. The van der Waals surface area contributed by atoms with Crippen molar-refractivity contribution in [3.05, 3.63) is 29.6 Å². The molecule has 50 heavy (non-hydrogen) atoms. The number of pyridine rings is 1. The molecule has 2 aliphatic heterocycles. The Labute approximate surface area is 293 Å². The summed E-state index contributed by atoms with van der Waals surface area (Å²) in [5, 5.41) is 10.9. The van der Waals surface area contributed by atoms with Gasteiger partial charge >= 0.3 is 6.03 Å². The van der Waals surface area contributed by atoms with Crippen molar-refractivity contribution < 1.29 is 33.6 Å². The highest BCUT2D eigenvalue weighted by molar-refractivity contribution is 6.38. The van der Waals surface area contributed by atoms with Crippen LogP contribution in [0, 0.1) is 34.0 Å². The van der Waals surface area contributed by atoms with E-state index in [0.29, 0.717) is 13.0 Å². The van der Waals surface area contributed by atoms with Crippen molar-refractivity contribution in [2.24, 2.45) is 34.0 Å². The van der Waals surface area contributed by atoms with E-state index in [2.05, 4.69) is 26.3 Å². The van der Waals surface area contributed by atoms with Crippen LogP contribution in [0.1, 0.15) is 95.4 Å². The van der Waals surface area contributed by atoms with Gasteiger partial charge in [-0.1, -0.05) is 68.2 Å². The van der Waals surface area contributed by atoms with E-state index < -0.39 is 76.3 Å². The Bertz CT molecular complexity index is 1570. The number of carbonyl (C=O) groups is 7. The lowest BCUT2D eigenvalue weighted by atomic mass is 9.85. The largest absolute Gasteiger partial charge is 0.353 e. The molecule has 4 N–H and O–H groups in total. The van der Waals surface area contributed by atoms with Crippen molar-refractivity contribution in [2.45, 2.75) is 98.8 Å². The number of rotatable bonds is 11. The molecule has 3 fully saturated rings. The summed E-state index contributed by atoms with van der Waals surface area (Å²) in [6.45, 7) is 15.4. The highest BCUT2D eigenvalue weighted by atomic mass is 16.2. The van der Waals surface area contributed by atoms with Gasteiger partial charge in [-0.25, -0.2) is 4.79 Å². The third-order valence-corrected chi connectivity index (χ3v) is 11.0. The minimum absolute atomic E-state index is 0.0493. The maximum Gasteiger partial charge on any atom is 0.315 e. The van der Waals surface area contributed by atoms with Gasteiger partial charge in [-0.2, -0.15) is 0 Å². The average Bonchev–Trinajstić information content (AvgIpc) is 3.86. The molecule has 5 rings (SSSR count). The van der Waals surface area contributed by atoms with Crippen LogP contribution in [0.25, 0.3) is 0 Å². The number of likely N-dealkylation sites (tertiary alicyclic amines) is 1. The minimum atomic E-state index is -1.06. The fourth-order valence-corrected chi connectivity index (χ4v) is 7.43. The molecule has 6 atom stereocenters. The molecule has 0 spiro atoms. The number of nitrogens with zero attached hydrogens (tertiary/aromatic N) is 3. The fourth-order valence-electron chi connectivity index (χ4n) is 7.43. The summed E-state index contributed by atoms with van der Waals surface area (Å²) in [7, 11) is 1.37. The Kier molecular flexibility index (Phi) is 9.65. The lowest BCUT2D eigenvalue weighted by Crippen LogP contribution is -2.63. The van der Waals surface area contributed by atoms with Gasteiger partial charge in [0.25, 0.3) is 17.7 Å². The van der Waals surface area contributed by atoms with E-state index in [9.17, 15) is 33.6 Å². The summed E-state index contributed by atoms with van der Waals surface area (Å²) in [5.74, 6) is -3.24. The topological polar surface area (TPSA) is 187 Å². The summed E-state index contributed by atoms with van der Waals surface area (Å²) < 4.78 is 0. The molecule has 1 aromatic heterocycles. The molecule has 4 aliphatic rings. The first kappa shape index (κ1) is 36.9. The van der Waals surface area contributed by atoms with E-state index in [1.54, 1.807) is 0 Å². The second kappa shape index (κ2) is 13.1. The predicted octanol–water partition coefficient (Wildman–Crippen LogP) is 1.89. The van der Waals surface area contributed by atoms with Crippen molar-refractivity contribution in [1.29, 1.82) is 0 Å². The first-order chi connectivity index (χ1) is 23.2. The Balaban J connectivity index is 1.33. The molecule has 14 nitrogen and oxygen atoms in total. The van der Waals surface area contributed by atoms with Crippen LogP contribution >= 0.6 is 0 Å². The van der Waals surface area contributed by atoms with Crippen molar-refractivity contribution >= 4 is 41.4 Å². The number of ketones is 1. The van der Waals surface area contributed by atoms with E-state index in [-0.39, 0.29) is 40.8 Å². The van der Waals surface area contributed by atoms with Gasteiger partial charge in [0.15, 0.2) is 0 Å². The second-order valence-electron chi connectivity index (χ2n) is 17.1. The molecular weight excluding hydrogens is 642 g/mol. The average molecular weight is 694 g/mol. The van der Waals surface area contributed by atoms with Gasteiger partial charge in [-0.3, -0.25) is 38.7 Å². The lowest BCUT2D eigenvalue weighted by Gasteiger charge is -2.39. The summed E-state index contributed by atoms with van der Waals surface area (Å²) >= 11 is 0. The smallest absolute Gasteiger partial charge is 0.315 e. The van der Waals surface area contributed by atoms with Crippen LogP contribution in [0.3, 0.4) is 0 Å². The zero-order valence-electron chi connectivity index (χ0n) is 30.5. The SMILES string of the molecule is CNC(=O)C(=O)C(CC1CC1)NC(=O)[C@@H]1[C@@H]2[C@H](CN1C(=O)[C@@H](NC(=O)N[C@H](CN1C(=O)c3ccncc3C1=O)C(C)(C)C)C(C)(C)C)C2(C)C. The number of piperidine rings is 1. The summed E-state index contributed by atoms with van der Waals surface area (Å²) in [4.78, 5) is 100. The van der Waals surface area contributed by atoms with Crippen LogP contribution in [0.15, 0.2) is 18.5 Å². The fraction of sp³-hybridized carbons (Fsp3) is 0.667. The van der Waals surface area contributed by atoms with Crippen LogP contribution in [0.4, 0.5) is 4.79 Å². The number of imide groups is 1. The molecule has 1 saturated heterocycles. The molecule has 1 aromatic rings. The van der Waals surface area contributed by atoms with Gasteiger partial charge in [-0.15, -0.1) is 0 Å². The molecule has 272 valence electrons. The molecule has 7 amide bonds. The molecule has 14 heteroatoms. The number of fused-ring (bicyclic) bond motifs is 2. The maximum atomic E-state index is 14.4. The van der Waals surface area contributed by atoms with Crippen molar-refractivity contribution in [1.82, 2.24) is 36.1 Å². The molecule has 1 unspecified atom stereocenters. The monoisotopic (exact) mass is 693 g/mol. The quantitative estimate of drug-likeness (QED) is 0.200. The van der Waals surface area contributed by atoms with Gasteiger partial charge in [0.2, 0.25) is 17.6 Å². The Hall–Kier alpha value is -4.36. The normalized spacial score (nSPS) is 24.1. The van der Waals surface area contributed by atoms with E-state index in [1.165, 1.54) is 30.4 Å². The second-order valence-corrected chi connectivity index (χ2v) is 17.1. The highest BCUT2D eigenvalue weighted by Crippen LogP contribution is 2.65. The Morgan fingerprint density at radius 2 is 1.58 bits per heavy atom. The third kappa shape index (κ3) is 7.11. The number of hydrogen-bond acceptors (Lipinski definition) is 8. The van der Waals surface area contributed by atoms with Crippen molar-refractivity contribution in [2.75, 3.05) is 20.1 Å². The van der Waals surface area contributed by atoms with Gasteiger partial charge < -0.3 is 26.2 Å². The van der Waals surface area contributed by atoms with E-state index in [0.717, 1.165) is 17.7 Å². The number of urea groups is 1. The zero-order valence-corrected chi connectivity index (χ0v) is 30.5. The number of likely N-dealkylation sites (N-methyl/N-ethyl adjacent to an activating group) is 1. The van der Waals surface area contributed by atoms with E-state index in [1.807, 2.05) is 55.4 Å². The Morgan fingerprint density at radius 1 is 0.940 bits per heavy atom. The zero-order chi connectivity index (χ0) is 37.1. The van der Waals surface area contributed by atoms with E-state index in [4.69, 9.17) is 0 Å². The standard InChI is InChI=1S/C36H51N7O7/c1-34(2,3)23(17-43-30(47)19-12-13-38-15-20(19)31(43)48)40-33(50)41-27(35(4,5)6)32(49)42-16-21-24(36(21,7)8)25(42)28(45)39-22(14-18-10-11-18)26(44)29(46)37-9/h12-13,15,18,21-25,27H,10-11,14,16-17H2,1-9H3,(H,37,46)(H,39,45)(H2,40,41,50)/t21-,22?,23+,24-,25-,27+/m0/s1. The number of hydrogen-bond donors (Lipinski definition) is 4. The number of aromatic nitrogens is 1. The minimum Gasteiger partial charge on any atom is -0.353 e. The van der Waals surface area contributed by atoms with Crippen LogP contribution in [-0.4, -0.2) is 100 Å². The van der Waals surface area contributed by atoms with Gasteiger partial charge in [-0.05, 0) is 46.5 Å². The third-order valence-electron chi connectivity index (χ3n) is 11.0. The summed E-state index contributed by atoms with van der Waals surface area (Å²) in [5.41, 5.74) is -1.13. The molecule has 0 aromatic carbocycles. The summed E-state index contributed by atoms with van der Waals surface area (Å²) in [6, 6.07) is -2.80. The number of Topliss-reactive ketones (excluding diaryl/α,β-unsaturated/α-hetero) is 1. The molecule has 2 saturated carbocycles. The van der Waals surface area contributed by atoms with Crippen LogP contribution in [0.5, 0.6) is 0 Å². The number of nitrogens with one attached hydrogen (secondary N) is 4. The first-order valence-corrected chi connectivity index (χ1v) is 17.4. The number of amides is 7. The van der Waals surface area contributed by atoms with Gasteiger partial charge in [0.1, 0.15) is 12.1 Å². The molecule has 0 bridgehead atoms. The van der Waals surface area contributed by atoms with Crippen LogP contribution in [-0.2, 0) is 19.2 Å². The molecule has 2 aliphatic carbocycles. The Morgan fingerprint density at radius 3 is 2.14 bits per heavy atom. The van der Waals surface area contributed by atoms with Gasteiger partial charge in [0, 0.05) is 26.0 Å². The van der Waals surface area contributed by atoms with Gasteiger partial charge in [0.05, 0.1) is 29.8 Å². The van der Waals surface area contributed by atoms with Crippen molar-refractivity contribution in [3.8, 4) is 0 Å². The lowest BCUT2D eigenvalue weighted by molar-refractivity contribution is -0.145. The summed E-state index contributed by atoms with van der Waals surface area (Å²) in [6.07, 6.45) is 5.00. The molecule has 0 radical (unpaired) electrons. The van der Waals surface area contributed by atoms with Crippen LogP contribution < -0.4 is 21.3 Å². The van der Waals surface area contributed by atoms with E-state index >= 15 is 0 Å². The maximum absolute atomic E-state index is 14.4.